The molecular formula is C10H14N2S. The van der Waals surface area contributed by atoms with Crippen molar-refractivity contribution in [2.75, 3.05) is 6.54 Å². The molecule has 2 fully saturated rings. The minimum atomic E-state index is 0.914. The van der Waals surface area contributed by atoms with Gasteiger partial charge < -0.3 is 0 Å². The zero-order valence-corrected chi connectivity index (χ0v) is 8.46. The van der Waals surface area contributed by atoms with Gasteiger partial charge >= 0.3 is 0 Å². The fourth-order valence-corrected chi connectivity index (χ4v) is 3.05. The lowest BCUT2D eigenvalue weighted by Gasteiger charge is -2.25. The Labute approximate surface area is 82.6 Å². The molecular weight excluding hydrogens is 180 g/mol. The average molecular weight is 194 g/mol. The summed E-state index contributed by atoms with van der Waals surface area (Å²) in [7, 11) is 0. The molecule has 0 bridgehead atoms. The minimum absolute atomic E-state index is 0.914. The van der Waals surface area contributed by atoms with E-state index in [1.54, 1.807) is 11.3 Å². The van der Waals surface area contributed by atoms with E-state index in [9.17, 15) is 0 Å². The maximum atomic E-state index is 4.34. The number of rotatable bonds is 2. The van der Waals surface area contributed by atoms with Gasteiger partial charge in [-0.2, -0.15) is 0 Å². The normalized spacial score (nSPS) is 32.9. The topological polar surface area (TPSA) is 16.1 Å². The molecule has 1 aliphatic heterocycles. The highest BCUT2D eigenvalue weighted by Crippen LogP contribution is 2.43. The molecule has 1 aliphatic carbocycles. The molecule has 1 saturated heterocycles. The number of thiazole rings is 1. The second-order valence-corrected chi connectivity index (χ2v) is 5.08. The van der Waals surface area contributed by atoms with E-state index in [1.807, 2.05) is 6.20 Å². The third-order valence-corrected chi connectivity index (χ3v) is 3.96. The van der Waals surface area contributed by atoms with Gasteiger partial charge in [0.25, 0.3) is 0 Å². The van der Waals surface area contributed by atoms with Crippen LogP contribution in [0.5, 0.6) is 0 Å². The zero-order chi connectivity index (χ0) is 8.67. The lowest BCUT2D eigenvalue weighted by Crippen LogP contribution is -2.31. The summed E-state index contributed by atoms with van der Waals surface area (Å²) in [5.74, 6) is 1.04. The zero-order valence-electron chi connectivity index (χ0n) is 7.65. The van der Waals surface area contributed by atoms with E-state index < -0.39 is 0 Å². The van der Waals surface area contributed by atoms with Crippen molar-refractivity contribution in [3.05, 3.63) is 16.6 Å². The smallest absolute Gasteiger partial charge is 0.107 e. The summed E-state index contributed by atoms with van der Waals surface area (Å²) in [4.78, 5) is 6.96. The van der Waals surface area contributed by atoms with Gasteiger partial charge in [-0.3, -0.25) is 4.90 Å². The summed E-state index contributed by atoms with van der Waals surface area (Å²) < 4.78 is 0. The number of nitrogens with zero attached hydrogens (tertiary/aromatic N) is 2. The standard InChI is InChI=1S/C10H14N2S/c1-2-8-6-9(8)12(4-1)7-10-11-3-5-13-10/h3,5,8-9H,1-2,4,6-7H2. The third-order valence-electron chi connectivity index (χ3n) is 3.20. The van der Waals surface area contributed by atoms with E-state index in [4.69, 9.17) is 0 Å². The molecule has 0 aromatic carbocycles. The molecule has 2 atom stereocenters. The van der Waals surface area contributed by atoms with Crippen LogP contribution in [0.4, 0.5) is 0 Å². The summed E-state index contributed by atoms with van der Waals surface area (Å²) >= 11 is 1.78. The van der Waals surface area contributed by atoms with Crippen molar-refractivity contribution in [2.45, 2.75) is 31.8 Å². The molecule has 70 valence electrons. The lowest BCUT2D eigenvalue weighted by molar-refractivity contribution is 0.207. The second-order valence-electron chi connectivity index (χ2n) is 4.10. The molecule has 3 heteroatoms. The van der Waals surface area contributed by atoms with Crippen molar-refractivity contribution in [1.29, 1.82) is 0 Å². The molecule has 13 heavy (non-hydrogen) atoms. The van der Waals surface area contributed by atoms with E-state index in [-0.39, 0.29) is 0 Å². The van der Waals surface area contributed by atoms with Gasteiger partial charge in [0.05, 0.1) is 6.54 Å². The van der Waals surface area contributed by atoms with Crippen LogP contribution in [0.3, 0.4) is 0 Å². The minimum Gasteiger partial charge on any atom is -0.293 e. The van der Waals surface area contributed by atoms with Crippen molar-refractivity contribution < 1.29 is 0 Å². The highest BCUT2D eigenvalue weighted by atomic mass is 32.1. The van der Waals surface area contributed by atoms with Gasteiger partial charge in [0, 0.05) is 17.6 Å². The van der Waals surface area contributed by atoms with Gasteiger partial charge in [-0.15, -0.1) is 11.3 Å². The summed E-state index contributed by atoms with van der Waals surface area (Å²) in [6, 6.07) is 0.914. The van der Waals surface area contributed by atoms with Crippen LogP contribution in [0.2, 0.25) is 0 Å². The molecule has 1 aromatic rings. The summed E-state index contributed by atoms with van der Waals surface area (Å²) in [5, 5.41) is 3.36. The SMILES string of the molecule is c1csc(CN2CCCC3CC32)n1. The second kappa shape index (κ2) is 3.07. The Balaban J connectivity index is 1.66. The molecule has 0 amide bonds. The van der Waals surface area contributed by atoms with Crippen LogP contribution in [-0.4, -0.2) is 22.5 Å². The van der Waals surface area contributed by atoms with E-state index in [2.05, 4.69) is 15.3 Å². The van der Waals surface area contributed by atoms with Crippen LogP contribution in [-0.2, 0) is 6.54 Å². The van der Waals surface area contributed by atoms with Crippen LogP contribution >= 0.6 is 11.3 Å². The van der Waals surface area contributed by atoms with Gasteiger partial charge in [-0.25, -0.2) is 4.98 Å². The first kappa shape index (κ1) is 7.94. The molecule has 1 aromatic heterocycles. The van der Waals surface area contributed by atoms with Gasteiger partial charge in [0.1, 0.15) is 5.01 Å². The monoisotopic (exact) mass is 194 g/mol. The van der Waals surface area contributed by atoms with Crippen molar-refractivity contribution in [3.63, 3.8) is 0 Å². The van der Waals surface area contributed by atoms with E-state index in [0.717, 1.165) is 18.5 Å². The van der Waals surface area contributed by atoms with Gasteiger partial charge in [0.2, 0.25) is 0 Å². The van der Waals surface area contributed by atoms with E-state index in [1.165, 1.54) is 30.8 Å². The maximum Gasteiger partial charge on any atom is 0.107 e. The molecule has 0 radical (unpaired) electrons. The summed E-state index contributed by atoms with van der Waals surface area (Å²) in [6.07, 6.45) is 6.23. The predicted molar refractivity (Wildman–Crippen MR) is 53.7 cm³/mol. The number of aromatic nitrogens is 1. The Morgan fingerprint density at radius 2 is 2.62 bits per heavy atom. The molecule has 2 aliphatic rings. The largest absolute Gasteiger partial charge is 0.293 e. The highest BCUT2D eigenvalue weighted by molar-refractivity contribution is 7.09. The Morgan fingerprint density at radius 3 is 3.46 bits per heavy atom. The fourth-order valence-electron chi connectivity index (χ4n) is 2.41. The van der Waals surface area contributed by atoms with Crippen LogP contribution in [0, 0.1) is 5.92 Å². The number of likely N-dealkylation sites (tertiary alicyclic amines) is 1. The molecule has 2 unspecified atom stereocenters. The van der Waals surface area contributed by atoms with Gasteiger partial charge in [-0.05, 0) is 31.7 Å². The molecule has 0 N–H and O–H groups in total. The van der Waals surface area contributed by atoms with Crippen LogP contribution in [0.15, 0.2) is 11.6 Å². The molecule has 2 heterocycles. The number of hydrogen-bond acceptors (Lipinski definition) is 3. The Hall–Kier alpha value is -0.410. The molecule has 2 nitrogen and oxygen atoms in total. The maximum absolute atomic E-state index is 4.34. The van der Waals surface area contributed by atoms with E-state index >= 15 is 0 Å². The van der Waals surface area contributed by atoms with Crippen molar-refractivity contribution in [3.8, 4) is 0 Å². The predicted octanol–water partition coefficient (Wildman–Crippen LogP) is 2.13. The number of hydrogen-bond donors (Lipinski definition) is 0. The quantitative estimate of drug-likeness (QED) is 0.717. The first-order valence-electron chi connectivity index (χ1n) is 5.06. The van der Waals surface area contributed by atoms with E-state index in [0.29, 0.717) is 0 Å². The van der Waals surface area contributed by atoms with Crippen molar-refractivity contribution >= 4 is 11.3 Å². The highest BCUT2D eigenvalue weighted by Gasteiger charge is 2.43. The van der Waals surface area contributed by atoms with Gasteiger partial charge in [0.15, 0.2) is 0 Å². The van der Waals surface area contributed by atoms with Crippen LogP contribution in [0.25, 0.3) is 0 Å². The number of fused-ring (bicyclic) bond motifs is 1. The first-order chi connectivity index (χ1) is 6.43. The molecule has 1 saturated carbocycles. The van der Waals surface area contributed by atoms with Crippen LogP contribution < -0.4 is 0 Å². The first-order valence-corrected chi connectivity index (χ1v) is 5.94. The van der Waals surface area contributed by atoms with Crippen LogP contribution in [0.1, 0.15) is 24.3 Å². The summed E-state index contributed by atoms with van der Waals surface area (Å²) in [5.41, 5.74) is 0. The fraction of sp³-hybridized carbons (Fsp3) is 0.700. The van der Waals surface area contributed by atoms with Crippen molar-refractivity contribution in [2.24, 2.45) is 5.92 Å². The number of piperidine rings is 1. The van der Waals surface area contributed by atoms with Crippen molar-refractivity contribution in [1.82, 2.24) is 9.88 Å². The molecule has 3 rings (SSSR count). The average Bonchev–Trinajstić information content (AvgIpc) is 2.77. The third kappa shape index (κ3) is 1.51. The Kier molecular flexibility index (Phi) is 1.87. The Bertz CT molecular complexity index is 283. The summed E-state index contributed by atoms with van der Waals surface area (Å²) in [6.45, 7) is 2.39. The Morgan fingerprint density at radius 1 is 1.62 bits per heavy atom. The lowest BCUT2D eigenvalue weighted by atomic mass is 10.1. The van der Waals surface area contributed by atoms with Gasteiger partial charge in [-0.1, -0.05) is 0 Å². The molecule has 0 spiro atoms.